The van der Waals surface area contributed by atoms with Gasteiger partial charge in [-0.05, 0) is 19.2 Å². The van der Waals surface area contributed by atoms with E-state index in [-0.39, 0.29) is 18.8 Å². The van der Waals surface area contributed by atoms with Crippen LogP contribution in [0.25, 0.3) is 0 Å². The largest absolute Gasteiger partial charge is 0.461 e. The lowest BCUT2D eigenvalue weighted by Crippen LogP contribution is -2.09. The highest BCUT2D eigenvalue weighted by atomic mass is 16.5. The zero-order chi connectivity index (χ0) is 10.3. The van der Waals surface area contributed by atoms with Crippen LogP contribution < -0.4 is 0 Å². The highest BCUT2D eigenvalue weighted by molar-refractivity contribution is 5.94. The normalized spacial score (nSPS) is 10.1. The van der Waals surface area contributed by atoms with Gasteiger partial charge in [-0.1, -0.05) is 0 Å². The number of ketones is 1. The standard InChI is InChI=1S/C9H15NO3/c1-8(11)7-9(12)13-6-4-5-10(2)3/h4-5H,6-7H2,1-3H3. The summed E-state index contributed by atoms with van der Waals surface area (Å²) < 4.78 is 4.73. The molecular formula is C9H15NO3. The fourth-order valence-electron chi connectivity index (χ4n) is 0.649. The quantitative estimate of drug-likeness (QED) is 0.464. The molecule has 0 fully saturated rings. The molecule has 0 saturated carbocycles. The Morgan fingerprint density at radius 3 is 2.46 bits per heavy atom. The summed E-state index contributed by atoms with van der Waals surface area (Å²) in [7, 11) is 3.74. The lowest BCUT2D eigenvalue weighted by atomic mass is 10.3. The smallest absolute Gasteiger partial charge is 0.313 e. The highest BCUT2D eigenvalue weighted by Crippen LogP contribution is 1.88. The van der Waals surface area contributed by atoms with Gasteiger partial charge >= 0.3 is 5.97 Å². The number of Topliss-reactive ketones (excluding diaryl/α,β-unsaturated/α-hetero) is 1. The van der Waals surface area contributed by atoms with E-state index in [1.54, 1.807) is 12.3 Å². The summed E-state index contributed by atoms with van der Waals surface area (Å²) in [5.74, 6) is -0.655. The molecule has 0 aromatic rings. The monoisotopic (exact) mass is 185 g/mol. The molecular weight excluding hydrogens is 170 g/mol. The van der Waals surface area contributed by atoms with Gasteiger partial charge in [-0.25, -0.2) is 0 Å². The Kier molecular flexibility index (Phi) is 5.59. The maximum absolute atomic E-state index is 10.8. The van der Waals surface area contributed by atoms with E-state index in [0.717, 1.165) is 0 Å². The van der Waals surface area contributed by atoms with Crippen LogP contribution in [0.4, 0.5) is 0 Å². The van der Waals surface area contributed by atoms with Crippen molar-refractivity contribution >= 4 is 11.8 Å². The van der Waals surface area contributed by atoms with Crippen molar-refractivity contribution in [1.29, 1.82) is 0 Å². The topological polar surface area (TPSA) is 46.6 Å². The Hall–Kier alpha value is -1.32. The second-order valence-corrected chi connectivity index (χ2v) is 2.91. The Labute approximate surface area is 78.2 Å². The molecule has 0 aliphatic carbocycles. The van der Waals surface area contributed by atoms with Gasteiger partial charge in [0, 0.05) is 14.1 Å². The van der Waals surface area contributed by atoms with Gasteiger partial charge in [-0.3, -0.25) is 9.59 Å². The minimum Gasteiger partial charge on any atom is -0.461 e. The van der Waals surface area contributed by atoms with Crippen LogP contribution in [0.2, 0.25) is 0 Å². The predicted octanol–water partition coefficient (Wildman–Crippen LogP) is 0.584. The van der Waals surface area contributed by atoms with Gasteiger partial charge in [0.2, 0.25) is 0 Å². The van der Waals surface area contributed by atoms with Crippen LogP contribution in [0.5, 0.6) is 0 Å². The Morgan fingerprint density at radius 2 is 2.00 bits per heavy atom. The van der Waals surface area contributed by atoms with Gasteiger partial charge in [-0.15, -0.1) is 0 Å². The first kappa shape index (κ1) is 11.7. The molecule has 4 nitrogen and oxygen atoms in total. The maximum atomic E-state index is 10.8. The first-order valence-electron chi connectivity index (χ1n) is 4.00. The number of hydrogen-bond donors (Lipinski definition) is 0. The molecule has 0 aromatic heterocycles. The zero-order valence-electron chi connectivity index (χ0n) is 8.24. The van der Waals surface area contributed by atoms with E-state index < -0.39 is 5.97 Å². The summed E-state index contributed by atoms with van der Waals surface area (Å²) in [6, 6.07) is 0. The summed E-state index contributed by atoms with van der Waals surface area (Å²) in [5.41, 5.74) is 0. The van der Waals surface area contributed by atoms with Crippen LogP contribution in [0.15, 0.2) is 12.3 Å². The molecule has 0 aromatic carbocycles. The van der Waals surface area contributed by atoms with Crippen LogP contribution in [-0.4, -0.2) is 37.4 Å². The van der Waals surface area contributed by atoms with Crippen LogP contribution in [0, 0.1) is 0 Å². The van der Waals surface area contributed by atoms with Crippen LogP contribution in [-0.2, 0) is 14.3 Å². The van der Waals surface area contributed by atoms with E-state index in [0.29, 0.717) is 0 Å². The number of carbonyl (C=O) groups is 2. The van der Waals surface area contributed by atoms with Crippen LogP contribution >= 0.6 is 0 Å². The van der Waals surface area contributed by atoms with Crippen molar-refractivity contribution in [3.05, 3.63) is 12.3 Å². The minimum atomic E-state index is -0.476. The summed E-state index contributed by atoms with van der Waals surface area (Å²) >= 11 is 0. The predicted molar refractivity (Wildman–Crippen MR) is 49.1 cm³/mol. The first-order valence-corrected chi connectivity index (χ1v) is 4.00. The summed E-state index contributed by atoms with van der Waals surface area (Å²) in [5, 5.41) is 0. The third-order valence-electron chi connectivity index (χ3n) is 1.14. The van der Waals surface area contributed by atoms with Crippen molar-refractivity contribution in [2.75, 3.05) is 20.7 Å². The molecule has 0 unspecified atom stereocenters. The number of ether oxygens (including phenoxy) is 1. The van der Waals surface area contributed by atoms with Gasteiger partial charge < -0.3 is 9.64 Å². The van der Waals surface area contributed by atoms with Crippen molar-refractivity contribution in [2.24, 2.45) is 0 Å². The average molecular weight is 185 g/mol. The molecule has 13 heavy (non-hydrogen) atoms. The van der Waals surface area contributed by atoms with Gasteiger partial charge in [0.25, 0.3) is 0 Å². The van der Waals surface area contributed by atoms with Gasteiger partial charge in [0.05, 0.1) is 0 Å². The maximum Gasteiger partial charge on any atom is 0.313 e. The summed E-state index contributed by atoms with van der Waals surface area (Å²) in [4.78, 5) is 23.1. The molecule has 0 saturated heterocycles. The lowest BCUT2D eigenvalue weighted by molar-refractivity contribution is -0.144. The Bertz CT molecular complexity index is 209. The van der Waals surface area contributed by atoms with E-state index >= 15 is 0 Å². The van der Waals surface area contributed by atoms with E-state index in [1.165, 1.54) is 6.92 Å². The van der Waals surface area contributed by atoms with Crippen molar-refractivity contribution in [3.63, 3.8) is 0 Å². The van der Waals surface area contributed by atoms with E-state index in [4.69, 9.17) is 4.74 Å². The number of nitrogens with zero attached hydrogens (tertiary/aromatic N) is 1. The van der Waals surface area contributed by atoms with Crippen molar-refractivity contribution in [2.45, 2.75) is 13.3 Å². The SMILES string of the molecule is CC(=O)CC(=O)OCC=CN(C)C. The molecule has 0 N–H and O–H groups in total. The highest BCUT2D eigenvalue weighted by Gasteiger charge is 2.04. The fourth-order valence-corrected chi connectivity index (χ4v) is 0.649. The van der Waals surface area contributed by atoms with Crippen molar-refractivity contribution in [1.82, 2.24) is 4.90 Å². The molecule has 0 spiro atoms. The zero-order valence-corrected chi connectivity index (χ0v) is 8.24. The number of esters is 1. The number of rotatable bonds is 5. The van der Waals surface area contributed by atoms with Gasteiger partial charge in [0.1, 0.15) is 18.8 Å². The Morgan fingerprint density at radius 1 is 1.38 bits per heavy atom. The molecule has 0 aliphatic heterocycles. The molecule has 4 heteroatoms. The lowest BCUT2D eigenvalue weighted by Gasteiger charge is -2.03. The molecule has 0 rings (SSSR count). The van der Waals surface area contributed by atoms with Crippen LogP contribution in [0.1, 0.15) is 13.3 Å². The third-order valence-corrected chi connectivity index (χ3v) is 1.14. The van der Waals surface area contributed by atoms with E-state index in [1.807, 2.05) is 19.0 Å². The molecule has 0 heterocycles. The number of carbonyl (C=O) groups excluding carboxylic acids is 2. The first-order chi connectivity index (χ1) is 6.02. The van der Waals surface area contributed by atoms with Gasteiger partial charge in [-0.2, -0.15) is 0 Å². The van der Waals surface area contributed by atoms with Crippen LogP contribution in [0.3, 0.4) is 0 Å². The molecule has 0 aliphatic rings. The summed E-state index contributed by atoms with van der Waals surface area (Å²) in [6.07, 6.45) is 3.34. The molecule has 0 amide bonds. The molecule has 0 atom stereocenters. The number of hydrogen-bond acceptors (Lipinski definition) is 4. The molecule has 0 radical (unpaired) electrons. The second kappa shape index (κ2) is 6.22. The van der Waals surface area contributed by atoms with E-state index in [2.05, 4.69) is 0 Å². The van der Waals surface area contributed by atoms with Crippen molar-refractivity contribution in [3.8, 4) is 0 Å². The van der Waals surface area contributed by atoms with E-state index in [9.17, 15) is 9.59 Å². The second-order valence-electron chi connectivity index (χ2n) is 2.91. The Balaban J connectivity index is 3.53. The van der Waals surface area contributed by atoms with Gasteiger partial charge in [0.15, 0.2) is 0 Å². The fraction of sp³-hybridized carbons (Fsp3) is 0.556. The summed E-state index contributed by atoms with van der Waals surface area (Å²) in [6.45, 7) is 1.57. The molecule has 74 valence electrons. The molecule has 0 bridgehead atoms. The third kappa shape index (κ3) is 8.59. The minimum absolute atomic E-state index is 0.143. The van der Waals surface area contributed by atoms with Crippen molar-refractivity contribution < 1.29 is 14.3 Å². The average Bonchev–Trinajstić information content (AvgIpc) is 1.96.